The van der Waals surface area contributed by atoms with Crippen molar-refractivity contribution in [3.05, 3.63) is 27.8 Å². The average molecular weight is 322 g/mol. The van der Waals surface area contributed by atoms with Gasteiger partial charge in [-0.15, -0.1) is 0 Å². The third-order valence-corrected chi connectivity index (χ3v) is 3.89. The smallest absolute Gasteiger partial charge is 0.300 e. The number of aromatic nitrogens is 2. The number of nitro groups is 1. The Kier molecular flexibility index (Phi) is 5.59. The maximum atomic E-state index is 11.0. The van der Waals surface area contributed by atoms with E-state index in [4.69, 9.17) is 17.2 Å². The first-order valence-electron chi connectivity index (χ1n) is 7.65. The highest BCUT2D eigenvalue weighted by atomic mass is 16.6. The third-order valence-electron chi connectivity index (χ3n) is 3.89. The van der Waals surface area contributed by atoms with E-state index in [0.717, 1.165) is 32.1 Å². The number of non-ortho nitro benzene ring substituents is 1. The summed E-state index contributed by atoms with van der Waals surface area (Å²) in [5.41, 5.74) is 17.4. The average Bonchev–Trinajstić information content (AvgIpc) is 2.98. The van der Waals surface area contributed by atoms with Crippen molar-refractivity contribution in [1.29, 1.82) is 0 Å². The summed E-state index contributed by atoms with van der Waals surface area (Å²) >= 11 is 0. The molecule has 0 saturated carbocycles. The summed E-state index contributed by atoms with van der Waals surface area (Å²) in [5.74, 6) is 0. The highest BCUT2D eigenvalue weighted by molar-refractivity contribution is 5.86. The van der Waals surface area contributed by atoms with Gasteiger partial charge in [0.15, 0.2) is 0 Å². The topological polar surface area (TPSA) is 160 Å². The number of unbranched alkanes of at least 4 members (excludes halogenated alkanes) is 4. The summed E-state index contributed by atoms with van der Waals surface area (Å²) in [5, 5.41) is 18.3. The van der Waals surface area contributed by atoms with Crippen LogP contribution in [0.2, 0.25) is 0 Å². The molecular formula is C14H22N6O3. The molecule has 23 heavy (non-hydrogen) atoms. The molecule has 2 aromatic rings. The van der Waals surface area contributed by atoms with Crippen molar-refractivity contribution in [2.45, 2.75) is 44.2 Å². The van der Waals surface area contributed by atoms with Gasteiger partial charge in [0.25, 0.3) is 0 Å². The standard InChI is InChI=1S/C14H22N6O3/c15-9-5-3-1-2-4-8-14(16,17)10-6-7-11(20(21)22)13-12(10)18-23-19-13/h6-7H,1-5,8-9,15-17H2. The molecule has 6 N–H and O–H groups in total. The van der Waals surface area contributed by atoms with Gasteiger partial charge in [0.2, 0.25) is 5.52 Å². The molecule has 0 atom stereocenters. The van der Waals surface area contributed by atoms with Crippen molar-refractivity contribution in [3.8, 4) is 0 Å². The van der Waals surface area contributed by atoms with Gasteiger partial charge in [-0.05, 0) is 42.2 Å². The molecular weight excluding hydrogens is 300 g/mol. The quantitative estimate of drug-likeness (QED) is 0.271. The highest BCUT2D eigenvalue weighted by Crippen LogP contribution is 2.31. The zero-order valence-corrected chi connectivity index (χ0v) is 12.9. The fourth-order valence-electron chi connectivity index (χ4n) is 2.60. The largest absolute Gasteiger partial charge is 0.330 e. The van der Waals surface area contributed by atoms with E-state index >= 15 is 0 Å². The van der Waals surface area contributed by atoms with Gasteiger partial charge in [0.05, 0.1) is 10.6 Å². The second-order valence-corrected chi connectivity index (χ2v) is 5.70. The van der Waals surface area contributed by atoms with Crippen molar-refractivity contribution in [3.63, 3.8) is 0 Å². The lowest BCUT2D eigenvalue weighted by atomic mass is 9.93. The van der Waals surface area contributed by atoms with E-state index in [1.807, 2.05) is 0 Å². The van der Waals surface area contributed by atoms with Gasteiger partial charge in [-0.2, -0.15) is 0 Å². The van der Waals surface area contributed by atoms with E-state index in [1.54, 1.807) is 0 Å². The van der Waals surface area contributed by atoms with Gasteiger partial charge in [-0.1, -0.05) is 19.3 Å². The molecule has 1 heterocycles. The molecule has 0 radical (unpaired) electrons. The molecule has 9 nitrogen and oxygen atoms in total. The van der Waals surface area contributed by atoms with Crippen molar-refractivity contribution in [2.24, 2.45) is 17.2 Å². The van der Waals surface area contributed by atoms with Crippen molar-refractivity contribution < 1.29 is 9.55 Å². The van der Waals surface area contributed by atoms with Gasteiger partial charge in [0.1, 0.15) is 5.52 Å². The molecule has 1 aromatic carbocycles. The van der Waals surface area contributed by atoms with Crippen molar-refractivity contribution >= 4 is 16.7 Å². The van der Waals surface area contributed by atoms with Crippen LogP contribution in [-0.2, 0) is 5.66 Å². The molecule has 9 heteroatoms. The zero-order valence-electron chi connectivity index (χ0n) is 12.9. The monoisotopic (exact) mass is 322 g/mol. The summed E-state index contributed by atoms with van der Waals surface area (Å²) in [6, 6.07) is 2.86. The number of rotatable bonds is 9. The van der Waals surface area contributed by atoms with E-state index < -0.39 is 10.6 Å². The first-order valence-corrected chi connectivity index (χ1v) is 7.65. The normalized spacial score (nSPS) is 12.0. The molecule has 2 rings (SSSR count). The van der Waals surface area contributed by atoms with Gasteiger partial charge < -0.3 is 17.2 Å². The minimum absolute atomic E-state index is 0.0655. The molecule has 0 aliphatic rings. The summed E-state index contributed by atoms with van der Waals surface area (Å²) in [6.07, 6.45) is 5.58. The summed E-state index contributed by atoms with van der Waals surface area (Å²) in [4.78, 5) is 10.5. The van der Waals surface area contributed by atoms with E-state index in [0.29, 0.717) is 18.5 Å². The number of nitro benzene ring substituents is 1. The van der Waals surface area contributed by atoms with Crippen LogP contribution in [0.5, 0.6) is 0 Å². The predicted molar refractivity (Wildman–Crippen MR) is 85.3 cm³/mol. The molecule has 126 valence electrons. The first kappa shape index (κ1) is 17.3. The maximum absolute atomic E-state index is 11.0. The van der Waals surface area contributed by atoms with E-state index in [9.17, 15) is 10.1 Å². The van der Waals surface area contributed by atoms with Gasteiger partial charge in [0, 0.05) is 11.6 Å². The summed E-state index contributed by atoms with van der Waals surface area (Å²) in [6.45, 7) is 0.706. The molecule has 1 aromatic heterocycles. The Labute approximate surface area is 133 Å². The fraction of sp³-hybridized carbons (Fsp3) is 0.571. The zero-order chi connectivity index (χ0) is 16.9. The van der Waals surface area contributed by atoms with Crippen LogP contribution in [0.3, 0.4) is 0 Å². The van der Waals surface area contributed by atoms with Gasteiger partial charge >= 0.3 is 5.69 Å². The lowest BCUT2D eigenvalue weighted by Crippen LogP contribution is -2.46. The Morgan fingerprint density at radius 2 is 1.74 bits per heavy atom. The Morgan fingerprint density at radius 1 is 1.09 bits per heavy atom. The van der Waals surface area contributed by atoms with Crippen LogP contribution < -0.4 is 17.2 Å². The van der Waals surface area contributed by atoms with Crippen LogP contribution in [-0.4, -0.2) is 21.8 Å². The SMILES string of the molecule is NCCCCCCCC(N)(N)c1ccc([N+](=O)[O-])c2nonc12. The molecule has 0 aliphatic heterocycles. The molecule has 0 bridgehead atoms. The number of hydrogen-bond acceptors (Lipinski definition) is 8. The molecule has 0 spiro atoms. The maximum Gasteiger partial charge on any atom is 0.300 e. The van der Waals surface area contributed by atoms with E-state index in [-0.39, 0.29) is 16.7 Å². The molecule has 0 aliphatic carbocycles. The Hall–Kier alpha value is -2.10. The van der Waals surface area contributed by atoms with Crippen LogP contribution in [0.15, 0.2) is 16.8 Å². The number of nitrogens with two attached hydrogens (primary N) is 3. The second kappa shape index (κ2) is 7.44. The molecule has 0 saturated heterocycles. The van der Waals surface area contributed by atoms with Crippen molar-refractivity contribution in [1.82, 2.24) is 10.3 Å². The highest BCUT2D eigenvalue weighted by Gasteiger charge is 2.29. The first-order chi connectivity index (χ1) is 11.0. The lowest BCUT2D eigenvalue weighted by molar-refractivity contribution is -0.383. The summed E-state index contributed by atoms with van der Waals surface area (Å²) < 4.78 is 4.63. The second-order valence-electron chi connectivity index (χ2n) is 5.70. The van der Waals surface area contributed by atoms with Crippen LogP contribution in [0, 0.1) is 10.1 Å². The van der Waals surface area contributed by atoms with Crippen molar-refractivity contribution in [2.75, 3.05) is 6.54 Å². The van der Waals surface area contributed by atoms with Crippen LogP contribution in [0.4, 0.5) is 5.69 Å². The number of fused-ring (bicyclic) bond motifs is 1. The van der Waals surface area contributed by atoms with Crippen LogP contribution in [0.25, 0.3) is 11.0 Å². The Balaban J connectivity index is 2.10. The lowest BCUT2D eigenvalue weighted by Gasteiger charge is -2.25. The predicted octanol–water partition coefficient (Wildman–Crippen LogP) is 1.50. The van der Waals surface area contributed by atoms with Gasteiger partial charge in [-0.3, -0.25) is 10.1 Å². The van der Waals surface area contributed by atoms with E-state index in [1.165, 1.54) is 12.1 Å². The number of hydrogen-bond donors (Lipinski definition) is 3. The van der Waals surface area contributed by atoms with Crippen LogP contribution in [0.1, 0.15) is 44.1 Å². The Bertz CT molecular complexity index is 670. The number of nitrogens with zero attached hydrogens (tertiary/aromatic N) is 3. The molecule has 0 amide bonds. The van der Waals surface area contributed by atoms with Crippen LogP contribution >= 0.6 is 0 Å². The number of benzene rings is 1. The fourth-order valence-corrected chi connectivity index (χ4v) is 2.60. The molecule has 0 fully saturated rings. The minimum atomic E-state index is -1.14. The minimum Gasteiger partial charge on any atom is -0.330 e. The summed E-state index contributed by atoms with van der Waals surface area (Å²) in [7, 11) is 0. The van der Waals surface area contributed by atoms with Gasteiger partial charge in [-0.25, -0.2) is 4.63 Å². The van der Waals surface area contributed by atoms with E-state index in [2.05, 4.69) is 14.9 Å². The third kappa shape index (κ3) is 4.01. The Morgan fingerprint density at radius 3 is 2.43 bits per heavy atom. The molecule has 0 unspecified atom stereocenters.